The first-order valence-electron chi connectivity index (χ1n) is 12.4. The zero-order valence-corrected chi connectivity index (χ0v) is 20.8. The Morgan fingerprint density at radius 1 is 1.11 bits per heavy atom. The van der Waals surface area contributed by atoms with E-state index in [-0.39, 0.29) is 5.91 Å². The van der Waals surface area contributed by atoms with Crippen molar-refractivity contribution in [2.75, 3.05) is 48.3 Å². The minimum atomic E-state index is -0.300. The molecule has 1 saturated heterocycles. The highest BCUT2D eigenvalue weighted by molar-refractivity contribution is 5.99. The molecule has 37 heavy (non-hydrogen) atoms. The average Bonchev–Trinajstić information content (AvgIpc) is 3.39. The van der Waals surface area contributed by atoms with Crippen molar-refractivity contribution < 1.29 is 9.53 Å². The van der Waals surface area contributed by atoms with Crippen molar-refractivity contribution in [2.45, 2.75) is 13.3 Å². The summed E-state index contributed by atoms with van der Waals surface area (Å²) < 4.78 is 6.06. The van der Waals surface area contributed by atoms with Gasteiger partial charge < -0.3 is 25.3 Å². The molecule has 5 rings (SSSR count). The highest BCUT2D eigenvalue weighted by Gasteiger charge is 2.17. The van der Waals surface area contributed by atoms with Gasteiger partial charge in [-0.05, 0) is 55.4 Å². The molecular formula is C27H30N8O2. The Hall–Kier alpha value is -4.44. The fraction of sp³-hybridized carbons (Fsp3) is 0.259. The van der Waals surface area contributed by atoms with Crippen LogP contribution in [-0.2, 0) is 4.79 Å². The molecule has 0 bridgehead atoms. The van der Waals surface area contributed by atoms with Gasteiger partial charge in [-0.15, -0.1) is 0 Å². The molecule has 4 aromatic rings. The van der Waals surface area contributed by atoms with Gasteiger partial charge in [0, 0.05) is 49.3 Å². The van der Waals surface area contributed by atoms with E-state index in [1.54, 1.807) is 30.6 Å². The standard InChI is InChI=1S/C27H30N8O2/c1-3-12-34-13-15-35(16-14-34)21-10-8-19(9-11-21)31-27-32-25-24(28-18-29-25)26(33-27)37-22-7-5-6-20(17-22)30-23(36)4-2/h4-11,17-18H,2-3,12-16H2,1H3,(H,30,36)(H2,28,29,31,32,33). The maximum absolute atomic E-state index is 11.6. The monoisotopic (exact) mass is 498 g/mol. The van der Waals surface area contributed by atoms with Gasteiger partial charge in [0.2, 0.25) is 11.9 Å². The summed E-state index contributed by atoms with van der Waals surface area (Å²) in [7, 11) is 0. The fourth-order valence-electron chi connectivity index (χ4n) is 4.31. The number of hydrogen-bond acceptors (Lipinski definition) is 8. The number of H-pyrrole nitrogens is 1. The number of rotatable bonds is 9. The lowest BCUT2D eigenvalue weighted by Crippen LogP contribution is -2.46. The van der Waals surface area contributed by atoms with E-state index in [1.807, 2.05) is 12.1 Å². The number of hydrogen-bond donors (Lipinski definition) is 3. The third kappa shape index (κ3) is 5.87. The quantitative estimate of drug-likeness (QED) is 0.288. The largest absolute Gasteiger partial charge is 0.437 e. The first-order valence-corrected chi connectivity index (χ1v) is 12.4. The number of carbonyl (C=O) groups is 1. The fourth-order valence-corrected chi connectivity index (χ4v) is 4.31. The minimum absolute atomic E-state index is 0.300. The third-order valence-corrected chi connectivity index (χ3v) is 6.15. The van der Waals surface area contributed by atoms with Crippen molar-refractivity contribution in [1.29, 1.82) is 0 Å². The molecule has 0 spiro atoms. The van der Waals surface area contributed by atoms with Crippen molar-refractivity contribution in [3.63, 3.8) is 0 Å². The Labute approximate surface area is 215 Å². The second kappa shape index (κ2) is 11.1. The minimum Gasteiger partial charge on any atom is -0.437 e. The van der Waals surface area contributed by atoms with Crippen LogP contribution >= 0.6 is 0 Å². The van der Waals surface area contributed by atoms with Crippen LogP contribution in [0.3, 0.4) is 0 Å². The molecule has 2 aromatic carbocycles. The normalized spacial score (nSPS) is 13.9. The van der Waals surface area contributed by atoms with Crippen molar-refractivity contribution >= 4 is 40.1 Å². The van der Waals surface area contributed by atoms with Crippen LogP contribution < -0.4 is 20.3 Å². The number of aromatic nitrogens is 4. The van der Waals surface area contributed by atoms with Crippen LogP contribution in [0.4, 0.5) is 23.0 Å². The van der Waals surface area contributed by atoms with Gasteiger partial charge in [-0.2, -0.15) is 9.97 Å². The number of carbonyl (C=O) groups excluding carboxylic acids is 1. The summed E-state index contributed by atoms with van der Waals surface area (Å²) >= 11 is 0. The molecule has 3 N–H and O–H groups in total. The maximum atomic E-state index is 11.6. The van der Waals surface area contributed by atoms with Gasteiger partial charge in [-0.1, -0.05) is 19.6 Å². The average molecular weight is 499 g/mol. The van der Waals surface area contributed by atoms with Crippen LogP contribution in [0.15, 0.2) is 67.5 Å². The van der Waals surface area contributed by atoms with Crippen LogP contribution in [-0.4, -0.2) is 63.5 Å². The highest BCUT2D eigenvalue weighted by atomic mass is 16.5. The van der Waals surface area contributed by atoms with Gasteiger partial charge in [-0.25, -0.2) is 4.98 Å². The molecule has 3 heterocycles. The molecule has 1 aliphatic heterocycles. The summed E-state index contributed by atoms with van der Waals surface area (Å²) in [5.41, 5.74) is 3.71. The number of piperazine rings is 1. The first-order chi connectivity index (χ1) is 18.1. The van der Waals surface area contributed by atoms with Crippen LogP contribution in [0.1, 0.15) is 13.3 Å². The lowest BCUT2D eigenvalue weighted by Gasteiger charge is -2.36. The number of nitrogens with one attached hydrogen (secondary N) is 3. The zero-order chi connectivity index (χ0) is 25.6. The van der Waals surface area contributed by atoms with Crippen molar-refractivity contribution in [1.82, 2.24) is 24.8 Å². The molecule has 10 heteroatoms. The third-order valence-electron chi connectivity index (χ3n) is 6.15. The van der Waals surface area contributed by atoms with Gasteiger partial charge in [-0.3, -0.25) is 9.69 Å². The van der Waals surface area contributed by atoms with Gasteiger partial charge in [0.25, 0.3) is 5.88 Å². The molecule has 0 radical (unpaired) electrons. The number of fused-ring (bicyclic) bond motifs is 1. The van der Waals surface area contributed by atoms with E-state index in [2.05, 4.69) is 66.0 Å². The summed E-state index contributed by atoms with van der Waals surface area (Å²) in [6, 6.07) is 15.3. The van der Waals surface area contributed by atoms with Crippen LogP contribution in [0.5, 0.6) is 11.6 Å². The first kappa shape index (κ1) is 24.3. The van der Waals surface area contributed by atoms with E-state index in [0.717, 1.165) is 31.9 Å². The molecule has 1 fully saturated rings. The number of imidazole rings is 1. The van der Waals surface area contributed by atoms with Crippen molar-refractivity contribution in [2.24, 2.45) is 0 Å². The van der Waals surface area contributed by atoms with E-state index < -0.39 is 0 Å². The van der Waals surface area contributed by atoms with Gasteiger partial charge >= 0.3 is 0 Å². The van der Waals surface area contributed by atoms with E-state index in [4.69, 9.17) is 4.74 Å². The van der Waals surface area contributed by atoms with Gasteiger partial charge in [0.15, 0.2) is 5.65 Å². The summed E-state index contributed by atoms with van der Waals surface area (Å²) in [5, 5.41) is 5.98. The van der Waals surface area contributed by atoms with Crippen molar-refractivity contribution in [3.8, 4) is 11.6 Å². The highest BCUT2D eigenvalue weighted by Crippen LogP contribution is 2.29. The Morgan fingerprint density at radius 2 is 1.92 bits per heavy atom. The van der Waals surface area contributed by atoms with Gasteiger partial charge in [0.05, 0.1) is 6.33 Å². The van der Waals surface area contributed by atoms with E-state index in [9.17, 15) is 4.79 Å². The SMILES string of the molecule is C=CC(=O)Nc1cccc(Oc2nc(Nc3ccc(N4CCN(CCC)CC4)cc3)nc3nc[nH]c23)c1. The Morgan fingerprint density at radius 3 is 2.68 bits per heavy atom. The summed E-state index contributed by atoms with van der Waals surface area (Å²) in [5.74, 6) is 0.891. The zero-order valence-electron chi connectivity index (χ0n) is 20.8. The number of aromatic amines is 1. The molecular weight excluding hydrogens is 468 g/mol. The topological polar surface area (TPSA) is 111 Å². The number of nitrogens with zero attached hydrogens (tertiary/aromatic N) is 5. The predicted octanol–water partition coefficient (Wildman–Crippen LogP) is 4.55. The van der Waals surface area contributed by atoms with Gasteiger partial charge in [0.1, 0.15) is 11.3 Å². The molecule has 0 atom stereocenters. The predicted molar refractivity (Wildman–Crippen MR) is 146 cm³/mol. The molecule has 1 amide bonds. The van der Waals surface area contributed by atoms with Crippen LogP contribution in [0, 0.1) is 0 Å². The van der Waals surface area contributed by atoms with E-state index >= 15 is 0 Å². The maximum Gasteiger partial charge on any atom is 0.250 e. The number of amides is 1. The van der Waals surface area contributed by atoms with E-state index in [0.29, 0.717) is 34.4 Å². The molecule has 0 saturated carbocycles. The lowest BCUT2D eigenvalue weighted by molar-refractivity contribution is -0.111. The Bertz CT molecular complexity index is 1380. The molecule has 1 aliphatic rings. The lowest BCUT2D eigenvalue weighted by atomic mass is 10.2. The smallest absolute Gasteiger partial charge is 0.250 e. The molecule has 2 aromatic heterocycles. The van der Waals surface area contributed by atoms with Crippen molar-refractivity contribution in [3.05, 3.63) is 67.5 Å². The summed E-state index contributed by atoms with van der Waals surface area (Å²) in [4.78, 5) is 33.0. The summed E-state index contributed by atoms with van der Waals surface area (Å²) in [6.07, 6.45) is 3.95. The van der Waals surface area contributed by atoms with E-state index in [1.165, 1.54) is 24.7 Å². The summed E-state index contributed by atoms with van der Waals surface area (Å²) in [6.45, 7) is 11.1. The molecule has 0 unspecified atom stereocenters. The second-order valence-corrected chi connectivity index (χ2v) is 8.78. The van der Waals surface area contributed by atoms with Crippen LogP contribution in [0.25, 0.3) is 11.2 Å². The molecule has 190 valence electrons. The Kier molecular flexibility index (Phi) is 7.27. The molecule has 10 nitrogen and oxygen atoms in total. The van der Waals surface area contributed by atoms with Crippen LogP contribution in [0.2, 0.25) is 0 Å². The molecule has 0 aliphatic carbocycles. The number of ether oxygens (including phenoxy) is 1. The Balaban J connectivity index is 1.30. The second-order valence-electron chi connectivity index (χ2n) is 8.78. The number of benzene rings is 2. The number of anilines is 4.